The first kappa shape index (κ1) is 15.3. The van der Waals surface area contributed by atoms with E-state index in [2.05, 4.69) is 21.2 Å². The fourth-order valence-corrected chi connectivity index (χ4v) is 4.54. The molecule has 0 aliphatic heterocycles. The molecule has 1 aromatic carbocycles. The molecule has 0 saturated heterocycles. The van der Waals surface area contributed by atoms with Crippen molar-refractivity contribution in [2.75, 3.05) is 0 Å². The maximum atomic E-state index is 12.3. The second kappa shape index (κ2) is 6.29. The number of hydrogen-bond acceptors (Lipinski definition) is 2. The van der Waals surface area contributed by atoms with Crippen molar-refractivity contribution >= 4 is 56.4 Å². The fourth-order valence-electron chi connectivity index (χ4n) is 2.54. The van der Waals surface area contributed by atoms with Gasteiger partial charge in [0.15, 0.2) is 0 Å². The van der Waals surface area contributed by atoms with Crippen LogP contribution in [0.25, 0.3) is 0 Å². The Morgan fingerprint density at radius 3 is 2.67 bits per heavy atom. The van der Waals surface area contributed by atoms with E-state index in [1.165, 1.54) is 11.3 Å². The Hall–Kier alpha value is -0.550. The monoisotopic (exact) mass is 403 g/mol. The predicted octanol–water partition coefficient (Wildman–Crippen LogP) is 5.49. The summed E-state index contributed by atoms with van der Waals surface area (Å²) in [7, 11) is 0. The van der Waals surface area contributed by atoms with Gasteiger partial charge in [-0.15, -0.1) is 11.3 Å². The summed E-state index contributed by atoms with van der Waals surface area (Å²) in [5.74, 6) is 0.231. The van der Waals surface area contributed by atoms with Gasteiger partial charge < -0.3 is 5.32 Å². The smallest absolute Gasteiger partial charge is 0.262 e. The molecule has 110 valence electrons. The average molecular weight is 405 g/mol. The molecule has 1 saturated carbocycles. The molecule has 0 unspecified atom stereocenters. The lowest BCUT2D eigenvalue weighted by molar-refractivity contribution is 0.0908. The van der Waals surface area contributed by atoms with E-state index in [0.717, 1.165) is 22.9 Å². The summed E-state index contributed by atoms with van der Waals surface area (Å²) in [5.41, 5.74) is 1.06. The van der Waals surface area contributed by atoms with Crippen LogP contribution in [0.2, 0.25) is 10.0 Å². The third-order valence-electron chi connectivity index (χ3n) is 3.78. The van der Waals surface area contributed by atoms with Crippen molar-refractivity contribution in [2.45, 2.75) is 24.8 Å². The van der Waals surface area contributed by atoms with Crippen LogP contribution in [0.15, 0.2) is 34.1 Å². The van der Waals surface area contributed by atoms with Crippen molar-refractivity contribution in [3.8, 4) is 0 Å². The van der Waals surface area contributed by atoms with Crippen molar-refractivity contribution in [1.29, 1.82) is 0 Å². The van der Waals surface area contributed by atoms with Crippen LogP contribution in [0.3, 0.4) is 0 Å². The molecule has 3 rings (SSSR count). The largest absolute Gasteiger partial charge is 0.348 e. The number of hydrogen-bond donors (Lipinski definition) is 1. The molecular formula is C15H12BrCl2NOS. The molecular weight excluding hydrogens is 393 g/mol. The second-order valence-corrected chi connectivity index (χ2v) is 7.64. The number of carbonyl (C=O) groups is 1. The van der Waals surface area contributed by atoms with E-state index >= 15 is 0 Å². The summed E-state index contributed by atoms with van der Waals surface area (Å²) in [5, 5.41) is 6.30. The van der Waals surface area contributed by atoms with E-state index in [4.69, 9.17) is 23.2 Å². The minimum Gasteiger partial charge on any atom is -0.348 e. The van der Waals surface area contributed by atoms with Crippen molar-refractivity contribution in [2.24, 2.45) is 0 Å². The molecule has 1 N–H and O–H groups in total. The third-order valence-corrected chi connectivity index (χ3v) is 6.18. The van der Waals surface area contributed by atoms with Crippen LogP contribution in [0, 0.1) is 0 Å². The lowest BCUT2D eigenvalue weighted by Gasteiger charge is -2.38. The zero-order chi connectivity index (χ0) is 15.0. The highest BCUT2D eigenvalue weighted by Crippen LogP contribution is 2.41. The number of thiophene rings is 1. The number of halogens is 3. The van der Waals surface area contributed by atoms with Gasteiger partial charge in [-0.25, -0.2) is 0 Å². The Morgan fingerprint density at radius 1 is 1.29 bits per heavy atom. The molecule has 21 heavy (non-hydrogen) atoms. The third kappa shape index (κ3) is 3.14. The van der Waals surface area contributed by atoms with Gasteiger partial charge in [0.1, 0.15) is 4.88 Å². The van der Waals surface area contributed by atoms with Gasteiger partial charge in [-0.05, 0) is 57.9 Å². The lowest BCUT2D eigenvalue weighted by atomic mass is 9.75. The highest BCUT2D eigenvalue weighted by atomic mass is 79.9. The minimum absolute atomic E-state index is 0.0309. The first-order valence-electron chi connectivity index (χ1n) is 6.55. The van der Waals surface area contributed by atoms with Crippen LogP contribution in [-0.4, -0.2) is 11.9 Å². The fraction of sp³-hybridized carbons (Fsp3) is 0.267. The molecule has 1 aromatic heterocycles. The Balaban J connectivity index is 1.73. The maximum Gasteiger partial charge on any atom is 0.262 e. The van der Waals surface area contributed by atoms with Crippen LogP contribution in [0.4, 0.5) is 0 Å². The summed E-state index contributed by atoms with van der Waals surface area (Å²) in [4.78, 5) is 13.0. The van der Waals surface area contributed by atoms with Crippen molar-refractivity contribution in [1.82, 2.24) is 5.32 Å². The highest BCUT2D eigenvalue weighted by Gasteiger charge is 2.35. The van der Waals surface area contributed by atoms with Gasteiger partial charge in [-0.2, -0.15) is 0 Å². The normalized spacial score (nSPS) is 20.9. The van der Waals surface area contributed by atoms with E-state index < -0.39 is 0 Å². The molecule has 1 aliphatic carbocycles. The molecule has 1 aliphatic rings. The summed E-state index contributed by atoms with van der Waals surface area (Å²) in [6.45, 7) is 0. The van der Waals surface area contributed by atoms with Crippen LogP contribution in [0.1, 0.15) is 34.0 Å². The Bertz CT molecular complexity index is 688. The maximum absolute atomic E-state index is 12.3. The molecule has 0 radical (unpaired) electrons. The van der Waals surface area contributed by atoms with Gasteiger partial charge in [-0.1, -0.05) is 29.3 Å². The zero-order valence-corrected chi connectivity index (χ0v) is 14.8. The standard InChI is InChI=1S/C15H12BrCl2NOS/c16-11-5-6-21-14(11)15(20)19-13-4-3-10(13)9-2-1-8(17)7-12(9)18/h1-2,5-7,10,13H,3-4H2,(H,19,20)/t10-,13-/m0/s1. The quantitative estimate of drug-likeness (QED) is 0.719. The molecule has 0 bridgehead atoms. The van der Waals surface area contributed by atoms with Crippen molar-refractivity contribution in [3.05, 3.63) is 54.6 Å². The van der Waals surface area contributed by atoms with Crippen LogP contribution in [-0.2, 0) is 0 Å². The summed E-state index contributed by atoms with van der Waals surface area (Å²) in [6, 6.07) is 7.56. The molecule has 2 nitrogen and oxygen atoms in total. The Kier molecular flexibility index (Phi) is 4.60. The lowest BCUT2D eigenvalue weighted by Crippen LogP contribution is -2.45. The molecule has 1 fully saturated rings. The number of benzene rings is 1. The first-order chi connectivity index (χ1) is 10.1. The number of rotatable bonds is 3. The number of amides is 1. The summed E-state index contributed by atoms with van der Waals surface area (Å²) < 4.78 is 0.838. The molecule has 2 aromatic rings. The van der Waals surface area contributed by atoms with E-state index in [1.807, 2.05) is 23.6 Å². The molecule has 0 spiro atoms. The summed E-state index contributed by atoms with van der Waals surface area (Å²) in [6.07, 6.45) is 2.00. The highest BCUT2D eigenvalue weighted by molar-refractivity contribution is 9.10. The SMILES string of the molecule is O=C(N[C@H]1CC[C@H]1c1ccc(Cl)cc1Cl)c1sccc1Br. The van der Waals surface area contributed by atoms with Crippen LogP contribution >= 0.6 is 50.5 Å². The number of nitrogens with one attached hydrogen (secondary N) is 1. The van der Waals surface area contributed by atoms with Crippen molar-refractivity contribution < 1.29 is 4.79 Å². The van der Waals surface area contributed by atoms with E-state index in [1.54, 1.807) is 6.07 Å². The van der Waals surface area contributed by atoms with Gasteiger partial charge in [0.05, 0.1) is 0 Å². The second-order valence-electron chi connectivity index (χ2n) is 5.03. The van der Waals surface area contributed by atoms with Crippen molar-refractivity contribution in [3.63, 3.8) is 0 Å². The average Bonchev–Trinajstić information content (AvgIpc) is 2.84. The number of carbonyl (C=O) groups excluding carboxylic acids is 1. The Labute approximate surface area is 145 Å². The van der Waals surface area contributed by atoms with Gasteiger partial charge in [0, 0.05) is 26.5 Å². The molecule has 6 heteroatoms. The van der Waals surface area contributed by atoms with Gasteiger partial charge in [-0.3, -0.25) is 4.79 Å². The molecule has 2 atom stereocenters. The topological polar surface area (TPSA) is 29.1 Å². The zero-order valence-electron chi connectivity index (χ0n) is 10.9. The minimum atomic E-state index is -0.0309. The van der Waals surface area contributed by atoms with E-state index in [-0.39, 0.29) is 17.9 Å². The summed E-state index contributed by atoms with van der Waals surface area (Å²) >= 11 is 17.0. The predicted molar refractivity (Wildman–Crippen MR) is 91.7 cm³/mol. The molecule has 1 amide bonds. The molecule has 1 heterocycles. The van der Waals surface area contributed by atoms with E-state index in [9.17, 15) is 4.79 Å². The van der Waals surface area contributed by atoms with Crippen LogP contribution < -0.4 is 5.32 Å². The van der Waals surface area contributed by atoms with Crippen LogP contribution in [0.5, 0.6) is 0 Å². The van der Waals surface area contributed by atoms with E-state index in [0.29, 0.717) is 14.9 Å². The first-order valence-corrected chi connectivity index (χ1v) is 8.98. The van der Waals surface area contributed by atoms with Gasteiger partial charge in [0.25, 0.3) is 5.91 Å². The van der Waals surface area contributed by atoms with Gasteiger partial charge in [0.2, 0.25) is 0 Å². The Morgan fingerprint density at radius 2 is 2.10 bits per heavy atom. The van der Waals surface area contributed by atoms with Gasteiger partial charge >= 0.3 is 0 Å².